The van der Waals surface area contributed by atoms with Crippen LogP contribution in [0, 0.1) is 11.8 Å². The molecular formula is C13H18N2S. The molecule has 0 atom stereocenters. The SMILES string of the molecule is CN(Cc1cc(C#CCN)cs1)C1CCC1. The minimum Gasteiger partial charge on any atom is -0.320 e. The summed E-state index contributed by atoms with van der Waals surface area (Å²) in [4.78, 5) is 3.85. The summed E-state index contributed by atoms with van der Waals surface area (Å²) in [5.41, 5.74) is 6.45. The molecule has 2 nitrogen and oxygen atoms in total. The van der Waals surface area contributed by atoms with Crippen molar-refractivity contribution in [2.24, 2.45) is 5.73 Å². The summed E-state index contributed by atoms with van der Waals surface area (Å²) in [7, 11) is 2.22. The molecule has 1 aliphatic rings. The van der Waals surface area contributed by atoms with Gasteiger partial charge in [0.15, 0.2) is 0 Å². The molecular weight excluding hydrogens is 216 g/mol. The summed E-state index contributed by atoms with van der Waals surface area (Å²) < 4.78 is 0. The van der Waals surface area contributed by atoms with E-state index >= 15 is 0 Å². The highest BCUT2D eigenvalue weighted by Gasteiger charge is 2.21. The standard InChI is InChI=1S/C13H18N2S/c1-15(12-5-2-6-12)9-13-8-11(10-16-13)4-3-7-14/h8,10,12H,2,5-7,9,14H2,1H3. The predicted octanol–water partition coefficient (Wildman–Crippen LogP) is 2.04. The Morgan fingerprint density at radius 3 is 3.00 bits per heavy atom. The molecule has 16 heavy (non-hydrogen) atoms. The largest absolute Gasteiger partial charge is 0.320 e. The van der Waals surface area contributed by atoms with Gasteiger partial charge in [0.2, 0.25) is 0 Å². The molecule has 1 heterocycles. The first-order valence-electron chi connectivity index (χ1n) is 5.76. The molecule has 0 bridgehead atoms. The number of rotatable bonds is 3. The van der Waals surface area contributed by atoms with Crippen LogP contribution in [0.15, 0.2) is 11.4 Å². The Balaban J connectivity index is 1.91. The van der Waals surface area contributed by atoms with Crippen molar-refractivity contribution in [3.05, 3.63) is 21.9 Å². The van der Waals surface area contributed by atoms with E-state index in [-0.39, 0.29) is 0 Å². The van der Waals surface area contributed by atoms with Gasteiger partial charge in [-0.25, -0.2) is 0 Å². The van der Waals surface area contributed by atoms with Gasteiger partial charge in [-0.15, -0.1) is 11.3 Å². The monoisotopic (exact) mass is 234 g/mol. The van der Waals surface area contributed by atoms with Gasteiger partial charge in [0.25, 0.3) is 0 Å². The van der Waals surface area contributed by atoms with Crippen LogP contribution in [0.5, 0.6) is 0 Å². The molecule has 86 valence electrons. The fourth-order valence-electron chi connectivity index (χ4n) is 1.88. The van der Waals surface area contributed by atoms with Gasteiger partial charge in [-0.1, -0.05) is 18.3 Å². The van der Waals surface area contributed by atoms with Crippen LogP contribution in [0.25, 0.3) is 0 Å². The van der Waals surface area contributed by atoms with E-state index in [9.17, 15) is 0 Å². The van der Waals surface area contributed by atoms with Gasteiger partial charge < -0.3 is 5.73 Å². The van der Waals surface area contributed by atoms with Gasteiger partial charge in [0, 0.05) is 28.4 Å². The highest BCUT2D eigenvalue weighted by Crippen LogP contribution is 2.26. The second-order valence-corrected chi connectivity index (χ2v) is 5.30. The molecule has 3 heteroatoms. The Kier molecular flexibility index (Phi) is 4.00. The lowest BCUT2D eigenvalue weighted by Gasteiger charge is -2.34. The molecule has 1 fully saturated rings. The minimum absolute atomic E-state index is 0.438. The van der Waals surface area contributed by atoms with E-state index in [0.29, 0.717) is 6.54 Å². The Hall–Kier alpha value is -0.820. The molecule has 0 spiro atoms. The molecule has 2 rings (SSSR count). The lowest BCUT2D eigenvalue weighted by Crippen LogP contribution is -2.36. The fourth-order valence-corrected chi connectivity index (χ4v) is 2.76. The molecule has 1 aliphatic carbocycles. The molecule has 0 amide bonds. The van der Waals surface area contributed by atoms with Crippen LogP contribution in [0.4, 0.5) is 0 Å². The van der Waals surface area contributed by atoms with Crippen molar-refractivity contribution in [2.75, 3.05) is 13.6 Å². The van der Waals surface area contributed by atoms with Gasteiger partial charge in [-0.2, -0.15) is 0 Å². The number of hydrogen-bond acceptors (Lipinski definition) is 3. The van der Waals surface area contributed by atoms with E-state index in [1.807, 2.05) is 0 Å². The Morgan fingerprint density at radius 1 is 1.56 bits per heavy atom. The van der Waals surface area contributed by atoms with Gasteiger partial charge in [0.1, 0.15) is 0 Å². The van der Waals surface area contributed by atoms with Crippen LogP contribution in [-0.4, -0.2) is 24.5 Å². The molecule has 0 radical (unpaired) electrons. The Morgan fingerprint density at radius 2 is 2.38 bits per heavy atom. The van der Waals surface area contributed by atoms with E-state index in [4.69, 9.17) is 5.73 Å². The molecule has 0 saturated heterocycles. The third-order valence-corrected chi connectivity index (χ3v) is 4.01. The van der Waals surface area contributed by atoms with E-state index in [2.05, 4.69) is 35.2 Å². The first kappa shape index (κ1) is 11.7. The lowest BCUT2D eigenvalue weighted by molar-refractivity contribution is 0.154. The molecule has 0 aliphatic heterocycles. The molecule has 1 aromatic heterocycles. The third kappa shape index (κ3) is 2.85. The molecule has 1 saturated carbocycles. The smallest absolute Gasteiger partial charge is 0.0555 e. The maximum Gasteiger partial charge on any atom is 0.0555 e. The molecule has 2 N–H and O–H groups in total. The lowest BCUT2D eigenvalue weighted by atomic mass is 9.92. The summed E-state index contributed by atoms with van der Waals surface area (Å²) in [6.45, 7) is 1.49. The van der Waals surface area contributed by atoms with Crippen molar-refractivity contribution in [2.45, 2.75) is 31.8 Å². The van der Waals surface area contributed by atoms with Gasteiger partial charge in [-0.05, 0) is 26.0 Å². The van der Waals surface area contributed by atoms with Crippen LogP contribution in [-0.2, 0) is 6.54 Å². The zero-order valence-corrected chi connectivity index (χ0v) is 10.5. The van der Waals surface area contributed by atoms with E-state index in [1.54, 1.807) is 11.3 Å². The number of hydrogen-bond donors (Lipinski definition) is 1. The van der Waals surface area contributed by atoms with Crippen LogP contribution in [0.2, 0.25) is 0 Å². The van der Waals surface area contributed by atoms with E-state index in [1.165, 1.54) is 24.1 Å². The first-order chi connectivity index (χ1) is 7.79. The average Bonchev–Trinajstić information content (AvgIpc) is 2.59. The van der Waals surface area contributed by atoms with E-state index in [0.717, 1.165) is 18.2 Å². The zero-order valence-electron chi connectivity index (χ0n) is 9.70. The van der Waals surface area contributed by atoms with Gasteiger partial charge >= 0.3 is 0 Å². The normalized spacial score (nSPS) is 15.7. The second kappa shape index (κ2) is 5.49. The summed E-state index contributed by atoms with van der Waals surface area (Å²) in [6, 6.07) is 2.99. The number of nitrogens with two attached hydrogens (primary N) is 1. The highest BCUT2D eigenvalue weighted by atomic mass is 32.1. The van der Waals surface area contributed by atoms with Crippen LogP contribution in [0.3, 0.4) is 0 Å². The summed E-state index contributed by atoms with van der Waals surface area (Å²) in [5, 5.41) is 2.12. The van der Waals surface area contributed by atoms with Crippen molar-refractivity contribution in [3.63, 3.8) is 0 Å². The van der Waals surface area contributed by atoms with Crippen molar-refractivity contribution in [3.8, 4) is 11.8 Å². The van der Waals surface area contributed by atoms with Crippen molar-refractivity contribution >= 4 is 11.3 Å². The van der Waals surface area contributed by atoms with Crippen LogP contribution >= 0.6 is 11.3 Å². The fraction of sp³-hybridized carbons (Fsp3) is 0.538. The minimum atomic E-state index is 0.438. The highest BCUT2D eigenvalue weighted by molar-refractivity contribution is 7.10. The summed E-state index contributed by atoms with van der Waals surface area (Å²) >= 11 is 1.80. The summed E-state index contributed by atoms with van der Waals surface area (Å²) in [5.74, 6) is 5.96. The average molecular weight is 234 g/mol. The first-order valence-corrected chi connectivity index (χ1v) is 6.64. The topological polar surface area (TPSA) is 29.3 Å². The Labute approximate surface area is 101 Å². The van der Waals surface area contributed by atoms with Crippen LogP contribution < -0.4 is 5.73 Å². The number of thiophene rings is 1. The van der Waals surface area contributed by atoms with E-state index < -0.39 is 0 Å². The quantitative estimate of drug-likeness (QED) is 0.811. The molecule has 1 aromatic rings. The molecule has 0 aromatic carbocycles. The molecule has 0 unspecified atom stereocenters. The zero-order chi connectivity index (χ0) is 11.4. The predicted molar refractivity (Wildman–Crippen MR) is 69.4 cm³/mol. The second-order valence-electron chi connectivity index (χ2n) is 4.31. The summed E-state index contributed by atoms with van der Waals surface area (Å²) in [6.07, 6.45) is 4.12. The third-order valence-electron chi connectivity index (χ3n) is 3.09. The van der Waals surface area contributed by atoms with Gasteiger partial charge in [0.05, 0.1) is 6.54 Å². The van der Waals surface area contributed by atoms with Crippen LogP contribution in [0.1, 0.15) is 29.7 Å². The number of nitrogens with zero attached hydrogens (tertiary/aromatic N) is 1. The maximum atomic E-state index is 5.35. The van der Waals surface area contributed by atoms with Crippen molar-refractivity contribution in [1.82, 2.24) is 4.90 Å². The Bertz CT molecular complexity index is 396. The van der Waals surface area contributed by atoms with Gasteiger partial charge in [-0.3, -0.25) is 4.90 Å². The van der Waals surface area contributed by atoms with Crippen molar-refractivity contribution in [1.29, 1.82) is 0 Å². The maximum absolute atomic E-state index is 5.35. The van der Waals surface area contributed by atoms with Crippen molar-refractivity contribution < 1.29 is 0 Å².